The Labute approximate surface area is 273 Å². The molecule has 1 N–H and O–H groups in total. The lowest BCUT2D eigenvalue weighted by Gasteiger charge is -2.37. The number of hydrogen-bond acceptors (Lipinski definition) is 9. The number of methoxy groups -OCH3 is 1. The number of Topliss-reactive ketones (excluding diaryl/α,β-unsaturated/α-hetero) is 1. The monoisotopic (exact) mass is 642 g/mol. The number of halogens is 1. The minimum absolute atomic E-state index is 0.101. The molecule has 0 bridgehead atoms. The van der Waals surface area contributed by atoms with Crippen molar-refractivity contribution in [1.29, 1.82) is 5.41 Å². The highest BCUT2D eigenvalue weighted by molar-refractivity contribution is 6.05. The molecule has 1 saturated heterocycles. The van der Waals surface area contributed by atoms with Gasteiger partial charge < -0.3 is 28.7 Å². The van der Waals surface area contributed by atoms with Crippen molar-refractivity contribution in [3.63, 3.8) is 0 Å². The Kier molecular flexibility index (Phi) is 12.8. The molecule has 1 aromatic carbocycles. The summed E-state index contributed by atoms with van der Waals surface area (Å²) in [6.07, 6.45) is 1.55. The molecule has 1 aliphatic carbocycles. The van der Waals surface area contributed by atoms with Crippen LogP contribution in [-0.2, 0) is 24.4 Å². The molecular formula is C35H51FN4O6. The van der Waals surface area contributed by atoms with Crippen LogP contribution in [0.4, 0.5) is 10.1 Å². The molecule has 3 rings (SSSR count). The van der Waals surface area contributed by atoms with Crippen molar-refractivity contribution in [3.8, 4) is 5.75 Å². The predicted molar refractivity (Wildman–Crippen MR) is 178 cm³/mol. The summed E-state index contributed by atoms with van der Waals surface area (Å²) in [5.41, 5.74) is 2.48. The van der Waals surface area contributed by atoms with Crippen molar-refractivity contribution >= 4 is 23.3 Å². The number of carbonyl (C=O) groups is 2. The Morgan fingerprint density at radius 2 is 1.67 bits per heavy atom. The van der Waals surface area contributed by atoms with Crippen LogP contribution < -0.4 is 9.64 Å². The lowest BCUT2D eigenvalue weighted by atomic mass is 9.84. The molecule has 1 fully saturated rings. The molecule has 1 heterocycles. The molecule has 0 spiro atoms. The number of esters is 1. The average Bonchev–Trinajstić information content (AvgIpc) is 3.11. The number of likely N-dealkylation sites (N-methyl/N-ethyl adjacent to an activating group) is 1. The minimum atomic E-state index is -0.514. The molecule has 0 unspecified atom stereocenters. The molecule has 10 nitrogen and oxygen atoms in total. The summed E-state index contributed by atoms with van der Waals surface area (Å²) in [5.74, 6) is 0.471. The van der Waals surface area contributed by atoms with Gasteiger partial charge in [-0.2, -0.15) is 0 Å². The van der Waals surface area contributed by atoms with Gasteiger partial charge in [0.25, 0.3) is 0 Å². The van der Waals surface area contributed by atoms with E-state index in [4.69, 9.17) is 24.4 Å². The number of rotatable bonds is 13. The smallest absolute Gasteiger partial charge is 0.320 e. The summed E-state index contributed by atoms with van der Waals surface area (Å²) >= 11 is 0. The fourth-order valence-corrected chi connectivity index (χ4v) is 5.66. The van der Waals surface area contributed by atoms with Gasteiger partial charge in [0.15, 0.2) is 11.5 Å². The van der Waals surface area contributed by atoms with Crippen LogP contribution in [-0.4, -0.2) is 101 Å². The summed E-state index contributed by atoms with van der Waals surface area (Å²) in [6, 6.07) is 3.71. The zero-order valence-electron chi connectivity index (χ0n) is 29.0. The number of amidine groups is 1. The zero-order chi connectivity index (χ0) is 34.2. The molecule has 11 heteroatoms. The first-order valence-electron chi connectivity index (χ1n) is 16.0. The van der Waals surface area contributed by atoms with Crippen LogP contribution in [0.3, 0.4) is 0 Å². The number of carbonyl (C=O) groups excluding carboxylic acids is 2. The summed E-state index contributed by atoms with van der Waals surface area (Å²) in [5, 5.41) is 8.91. The first-order chi connectivity index (χ1) is 21.7. The quantitative estimate of drug-likeness (QED) is 0.127. The Hall–Kier alpha value is -3.86. The highest BCUT2D eigenvalue weighted by atomic mass is 19.1. The maximum Gasteiger partial charge on any atom is 0.320 e. The molecule has 0 radical (unpaired) electrons. The van der Waals surface area contributed by atoms with Crippen molar-refractivity contribution in [2.75, 3.05) is 78.1 Å². The van der Waals surface area contributed by atoms with Gasteiger partial charge in [-0.25, -0.2) is 4.39 Å². The lowest BCUT2D eigenvalue weighted by molar-refractivity contribution is -0.144. The van der Waals surface area contributed by atoms with Crippen LogP contribution in [0.2, 0.25) is 0 Å². The van der Waals surface area contributed by atoms with Gasteiger partial charge in [-0.15, -0.1) is 0 Å². The van der Waals surface area contributed by atoms with Crippen LogP contribution in [0, 0.1) is 5.41 Å². The van der Waals surface area contributed by atoms with E-state index in [9.17, 15) is 9.59 Å². The molecule has 1 aliphatic heterocycles. The molecule has 0 saturated carbocycles. The van der Waals surface area contributed by atoms with Gasteiger partial charge in [0.2, 0.25) is 0 Å². The minimum Gasteiger partial charge on any atom is -0.494 e. The SMILES string of the molecule is CCOC(=O)CN1CCN(c2cc(C(=O)CN(C)C(=N)C3=C(F)CC(OCC)=C(OCC)C=C3C)cc(C(C)(C)C)c2OC)CC1. The second-order valence-electron chi connectivity index (χ2n) is 12.5. The van der Waals surface area contributed by atoms with Crippen molar-refractivity contribution in [3.05, 3.63) is 57.8 Å². The van der Waals surface area contributed by atoms with Gasteiger partial charge in [0, 0.05) is 44.4 Å². The number of piperazine rings is 1. The van der Waals surface area contributed by atoms with Gasteiger partial charge in [0.05, 0.1) is 57.7 Å². The molecule has 2 aliphatic rings. The average molecular weight is 643 g/mol. The summed E-state index contributed by atoms with van der Waals surface area (Å²) < 4.78 is 38.1. The van der Waals surface area contributed by atoms with E-state index in [2.05, 4.69) is 30.6 Å². The van der Waals surface area contributed by atoms with E-state index >= 15 is 4.39 Å². The lowest BCUT2D eigenvalue weighted by Crippen LogP contribution is -2.48. The fourth-order valence-electron chi connectivity index (χ4n) is 5.66. The highest BCUT2D eigenvalue weighted by Crippen LogP contribution is 2.41. The zero-order valence-corrected chi connectivity index (χ0v) is 29.0. The van der Waals surface area contributed by atoms with Crippen LogP contribution in [0.1, 0.15) is 70.8 Å². The molecule has 46 heavy (non-hydrogen) atoms. The van der Waals surface area contributed by atoms with Crippen LogP contribution in [0.15, 0.2) is 46.7 Å². The van der Waals surface area contributed by atoms with Gasteiger partial charge in [-0.05, 0) is 56.9 Å². The van der Waals surface area contributed by atoms with E-state index in [1.807, 2.05) is 26.0 Å². The number of ketones is 1. The topological polar surface area (TPSA) is 105 Å². The van der Waals surface area contributed by atoms with E-state index in [1.165, 1.54) is 4.90 Å². The standard InChI is InChI=1S/C35H51FN4O6/c1-10-44-29-17-23(4)32(26(36)20-30(29)45-11-2)34(37)38(8)21-28(41)24-18-25(35(5,6)7)33(43-9)27(19-24)40-15-13-39(14-16-40)22-31(42)46-12-3/h17-19,37H,10-16,20-22H2,1-9H3. The van der Waals surface area contributed by atoms with Crippen molar-refractivity contribution in [1.82, 2.24) is 9.80 Å². The van der Waals surface area contributed by atoms with Gasteiger partial charge in [-0.1, -0.05) is 20.8 Å². The molecule has 0 aromatic heterocycles. The third-order valence-electron chi connectivity index (χ3n) is 8.00. The Morgan fingerprint density at radius 1 is 1.02 bits per heavy atom. The van der Waals surface area contributed by atoms with E-state index < -0.39 is 5.83 Å². The normalized spacial score (nSPS) is 16.1. The van der Waals surface area contributed by atoms with E-state index in [0.29, 0.717) is 74.4 Å². The summed E-state index contributed by atoms with van der Waals surface area (Å²) in [4.78, 5) is 31.6. The number of hydrogen-bond donors (Lipinski definition) is 1. The predicted octanol–water partition coefficient (Wildman–Crippen LogP) is 5.63. The largest absolute Gasteiger partial charge is 0.494 e. The van der Waals surface area contributed by atoms with Crippen molar-refractivity contribution < 1.29 is 32.9 Å². The summed E-state index contributed by atoms with van der Waals surface area (Å²) in [6.45, 7) is 17.2. The Bertz CT molecular complexity index is 1390. The maximum atomic E-state index is 15.6. The number of allylic oxidation sites excluding steroid dienone is 2. The number of nitrogens with zero attached hydrogens (tertiary/aromatic N) is 3. The second-order valence-corrected chi connectivity index (χ2v) is 12.5. The van der Waals surface area contributed by atoms with E-state index in [-0.39, 0.29) is 48.1 Å². The van der Waals surface area contributed by atoms with Gasteiger partial charge in [-0.3, -0.25) is 19.9 Å². The van der Waals surface area contributed by atoms with Crippen LogP contribution in [0.25, 0.3) is 0 Å². The second kappa shape index (κ2) is 16.1. The van der Waals surface area contributed by atoms with E-state index in [1.54, 1.807) is 34.1 Å². The maximum absolute atomic E-state index is 15.6. The third kappa shape index (κ3) is 8.90. The number of ether oxygens (including phenoxy) is 4. The van der Waals surface area contributed by atoms with Crippen LogP contribution >= 0.6 is 0 Å². The number of nitrogens with one attached hydrogen (secondary N) is 1. The van der Waals surface area contributed by atoms with Crippen molar-refractivity contribution in [2.45, 2.75) is 60.3 Å². The number of anilines is 1. The van der Waals surface area contributed by atoms with Gasteiger partial charge in [0.1, 0.15) is 23.2 Å². The molecular weight excluding hydrogens is 591 g/mol. The number of benzene rings is 1. The highest BCUT2D eigenvalue weighted by Gasteiger charge is 2.30. The fraction of sp³-hybridized carbons (Fsp3) is 0.571. The van der Waals surface area contributed by atoms with E-state index in [0.717, 1.165) is 11.3 Å². The Morgan fingerprint density at radius 3 is 2.24 bits per heavy atom. The first-order valence-corrected chi connectivity index (χ1v) is 16.0. The molecule has 254 valence electrons. The third-order valence-corrected chi connectivity index (χ3v) is 8.00. The Balaban J connectivity index is 1.88. The van der Waals surface area contributed by atoms with Crippen LogP contribution in [0.5, 0.6) is 5.75 Å². The first kappa shape index (κ1) is 36.6. The molecule has 0 atom stereocenters. The van der Waals surface area contributed by atoms with Gasteiger partial charge >= 0.3 is 5.97 Å². The molecule has 1 aromatic rings. The van der Waals surface area contributed by atoms with Crippen molar-refractivity contribution in [2.24, 2.45) is 0 Å². The summed E-state index contributed by atoms with van der Waals surface area (Å²) in [7, 11) is 3.26. The molecule has 0 amide bonds.